The van der Waals surface area contributed by atoms with Crippen molar-refractivity contribution in [3.05, 3.63) is 80.9 Å². The van der Waals surface area contributed by atoms with Crippen molar-refractivity contribution < 1.29 is 23.4 Å². The summed E-state index contributed by atoms with van der Waals surface area (Å²) in [7, 11) is 0. The number of ether oxygens (including phenoxy) is 1. The third-order valence-corrected chi connectivity index (χ3v) is 5.22. The van der Waals surface area contributed by atoms with Crippen LogP contribution in [0.2, 0.25) is 5.02 Å². The molecule has 32 heavy (non-hydrogen) atoms. The predicted molar refractivity (Wildman–Crippen MR) is 113 cm³/mol. The molecule has 0 atom stereocenters. The Morgan fingerprint density at radius 2 is 2.06 bits per heavy atom. The number of rotatable bonds is 6. The van der Waals surface area contributed by atoms with E-state index in [-0.39, 0.29) is 36.3 Å². The number of carbonyl (C=O) groups is 1. The van der Waals surface area contributed by atoms with Crippen LogP contribution in [0, 0.1) is 11.6 Å². The number of carbonyl (C=O) groups excluding carboxylic acids is 1. The van der Waals surface area contributed by atoms with Crippen LogP contribution in [0.5, 0.6) is 5.88 Å². The Morgan fingerprint density at radius 1 is 1.25 bits per heavy atom. The van der Waals surface area contributed by atoms with Gasteiger partial charge in [-0.2, -0.15) is 0 Å². The van der Waals surface area contributed by atoms with Gasteiger partial charge >= 0.3 is 0 Å². The largest absolute Gasteiger partial charge is 0.471 e. The van der Waals surface area contributed by atoms with Crippen LogP contribution < -0.4 is 20.5 Å². The Bertz CT molecular complexity index is 1250. The maximum Gasteiger partial charge on any atom is 0.276 e. The molecule has 0 saturated carbocycles. The van der Waals surface area contributed by atoms with Crippen molar-refractivity contribution in [2.45, 2.75) is 13.2 Å². The van der Waals surface area contributed by atoms with Gasteiger partial charge in [0.25, 0.3) is 11.5 Å². The number of anilines is 2. The summed E-state index contributed by atoms with van der Waals surface area (Å²) in [6.07, 6.45) is 1.24. The quantitative estimate of drug-likeness (QED) is 0.584. The molecule has 1 aliphatic rings. The molecule has 0 fully saturated rings. The molecule has 166 valence electrons. The minimum Gasteiger partial charge on any atom is -0.471 e. The van der Waals surface area contributed by atoms with E-state index in [1.54, 1.807) is 18.2 Å². The van der Waals surface area contributed by atoms with Crippen molar-refractivity contribution in [1.82, 2.24) is 9.55 Å². The normalized spacial score (nSPS) is 12.4. The van der Waals surface area contributed by atoms with E-state index in [1.165, 1.54) is 21.9 Å². The van der Waals surface area contributed by atoms with Gasteiger partial charge < -0.3 is 15.2 Å². The minimum atomic E-state index is -0.783. The molecule has 3 aromatic rings. The maximum absolute atomic E-state index is 13.8. The zero-order valence-corrected chi connectivity index (χ0v) is 17.3. The van der Waals surface area contributed by atoms with E-state index in [0.717, 1.165) is 17.8 Å². The highest BCUT2D eigenvalue weighted by Gasteiger charge is 2.24. The summed E-state index contributed by atoms with van der Waals surface area (Å²) in [5, 5.41) is 11.9. The summed E-state index contributed by atoms with van der Waals surface area (Å²) in [6.45, 7) is -0.540. The number of nitrogens with zero attached hydrogens (tertiary/aromatic N) is 3. The van der Waals surface area contributed by atoms with Crippen molar-refractivity contribution in [3.63, 3.8) is 0 Å². The van der Waals surface area contributed by atoms with Gasteiger partial charge in [-0.15, -0.1) is 0 Å². The number of hydrogen-bond donors (Lipinski definition) is 2. The van der Waals surface area contributed by atoms with E-state index in [1.807, 2.05) is 0 Å². The second kappa shape index (κ2) is 8.93. The van der Waals surface area contributed by atoms with Crippen LogP contribution in [-0.4, -0.2) is 33.8 Å². The molecule has 2 heterocycles. The van der Waals surface area contributed by atoms with E-state index < -0.39 is 29.7 Å². The molecule has 2 N–H and O–H groups in total. The van der Waals surface area contributed by atoms with Crippen LogP contribution in [-0.2, 0) is 17.9 Å². The van der Waals surface area contributed by atoms with Gasteiger partial charge in [-0.1, -0.05) is 17.7 Å². The summed E-state index contributed by atoms with van der Waals surface area (Å²) in [5.74, 6) is -2.12. The Balaban J connectivity index is 1.52. The molecule has 4 rings (SSSR count). The summed E-state index contributed by atoms with van der Waals surface area (Å²) < 4.78 is 33.4. The number of nitrogens with one attached hydrogen (secondary N) is 1. The summed E-state index contributed by atoms with van der Waals surface area (Å²) >= 11 is 6.11. The molecule has 0 aliphatic carbocycles. The van der Waals surface area contributed by atoms with Crippen LogP contribution in [0.15, 0.2) is 47.5 Å². The first-order chi connectivity index (χ1) is 15.4. The van der Waals surface area contributed by atoms with Gasteiger partial charge in [-0.25, -0.2) is 13.8 Å². The summed E-state index contributed by atoms with van der Waals surface area (Å²) in [6, 6.07) is 8.33. The number of aliphatic hydroxyl groups is 1. The van der Waals surface area contributed by atoms with E-state index in [9.17, 15) is 18.4 Å². The first kappa shape index (κ1) is 21.7. The number of fused-ring (bicyclic) bond motifs is 1. The molecule has 8 nitrogen and oxygen atoms in total. The van der Waals surface area contributed by atoms with Gasteiger partial charge in [0.2, 0.25) is 5.88 Å². The van der Waals surface area contributed by atoms with Crippen molar-refractivity contribution in [1.29, 1.82) is 0 Å². The zero-order valence-electron chi connectivity index (χ0n) is 16.5. The number of aromatic nitrogens is 2. The van der Waals surface area contributed by atoms with Gasteiger partial charge in [0.1, 0.15) is 31.2 Å². The number of hydrogen-bond acceptors (Lipinski definition) is 6. The molecular weight excluding hydrogens is 446 g/mol. The van der Waals surface area contributed by atoms with Crippen LogP contribution in [0.3, 0.4) is 0 Å². The average molecular weight is 463 g/mol. The highest BCUT2D eigenvalue weighted by Crippen LogP contribution is 2.32. The number of aliphatic hydroxyl groups excluding tert-OH is 1. The van der Waals surface area contributed by atoms with E-state index in [0.29, 0.717) is 11.3 Å². The fourth-order valence-electron chi connectivity index (χ4n) is 3.25. The van der Waals surface area contributed by atoms with Crippen LogP contribution in [0.1, 0.15) is 11.1 Å². The molecule has 1 amide bonds. The topological polar surface area (TPSA) is 96.7 Å². The molecule has 0 radical (unpaired) electrons. The second-order valence-corrected chi connectivity index (χ2v) is 7.37. The van der Waals surface area contributed by atoms with E-state index in [2.05, 4.69) is 10.3 Å². The van der Waals surface area contributed by atoms with Crippen molar-refractivity contribution in [3.8, 4) is 5.88 Å². The minimum absolute atomic E-state index is 0.0853. The standard InChI is InChI=1S/C21H17ClF2N4O4/c22-19-20(32-9-13-2-3-14(23)6-15(13)24)26-10-27(21(19)31)7-12-1-4-16-17(5-12)28(11-25-16)18(30)8-29/h1-6,10,25,29H,7-9,11H2. The van der Waals surface area contributed by atoms with Gasteiger partial charge in [0.05, 0.1) is 24.6 Å². The van der Waals surface area contributed by atoms with Crippen LogP contribution in [0.4, 0.5) is 20.2 Å². The molecule has 1 aromatic heterocycles. The molecule has 2 aromatic carbocycles. The molecule has 0 spiro atoms. The van der Waals surface area contributed by atoms with E-state index in [4.69, 9.17) is 21.4 Å². The van der Waals surface area contributed by atoms with Crippen molar-refractivity contribution >= 4 is 28.9 Å². The monoisotopic (exact) mass is 462 g/mol. The second-order valence-electron chi connectivity index (χ2n) is 6.99. The van der Waals surface area contributed by atoms with Gasteiger partial charge in [-0.3, -0.25) is 19.1 Å². The predicted octanol–water partition coefficient (Wildman–Crippen LogP) is 2.51. The summed E-state index contributed by atoms with van der Waals surface area (Å²) in [4.78, 5) is 30.0. The number of halogens is 3. The molecular formula is C21H17ClF2N4O4. The van der Waals surface area contributed by atoms with Crippen LogP contribution >= 0.6 is 11.6 Å². The van der Waals surface area contributed by atoms with Crippen molar-refractivity contribution in [2.24, 2.45) is 0 Å². The molecule has 0 saturated heterocycles. The summed E-state index contributed by atoms with van der Waals surface area (Å²) in [5.41, 5.74) is 1.54. The SMILES string of the molecule is O=C(CO)N1CNc2ccc(Cn3cnc(OCc4ccc(F)cc4F)c(Cl)c3=O)cc21. The zero-order chi connectivity index (χ0) is 22.8. The lowest BCUT2D eigenvalue weighted by molar-refractivity contribution is -0.121. The third kappa shape index (κ3) is 4.27. The molecule has 11 heteroatoms. The first-order valence-electron chi connectivity index (χ1n) is 9.47. The van der Waals surface area contributed by atoms with Crippen molar-refractivity contribution in [2.75, 3.05) is 23.5 Å². The Morgan fingerprint density at radius 3 is 2.81 bits per heavy atom. The smallest absolute Gasteiger partial charge is 0.276 e. The fraction of sp³-hybridized carbons (Fsp3) is 0.190. The number of amides is 1. The Hall–Kier alpha value is -3.50. The lowest BCUT2D eigenvalue weighted by Crippen LogP contribution is -2.32. The lowest BCUT2D eigenvalue weighted by Gasteiger charge is -2.15. The maximum atomic E-state index is 13.8. The fourth-order valence-corrected chi connectivity index (χ4v) is 3.46. The lowest BCUT2D eigenvalue weighted by atomic mass is 10.1. The third-order valence-electron chi connectivity index (χ3n) is 4.90. The van der Waals surface area contributed by atoms with Gasteiger partial charge in [0, 0.05) is 11.6 Å². The number of benzene rings is 2. The molecule has 0 unspecified atom stereocenters. The first-order valence-corrected chi connectivity index (χ1v) is 9.85. The average Bonchev–Trinajstić information content (AvgIpc) is 3.20. The van der Waals surface area contributed by atoms with E-state index >= 15 is 0 Å². The van der Waals surface area contributed by atoms with Crippen LogP contribution in [0.25, 0.3) is 0 Å². The Kier molecular flexibility index (Phi) is 6.06. The molecule has 0 bridgehead atoms. The highest BCUT2D eigenvalue weighted by molar-refractivity contribution is 6.31. The van der Waals surface area contributed by atoms with Gasteiger partial charge in [0.15, 0.2) is 5.02 Å². The molecule has 1 aliphatic heterocycles. The van der Waals surface area contributed by atoms with Gasteiger partial charge in [-0.05, 0) is 29.8 Å². The Labute approximate surface area is 185 Å². The highest BCUT2D eigenvalue weighted by atomic mass is 35.5.